The van der Waals surface area contributed by atoms with E-state index in [0.29, 0.717) is 6.04 Å². The Labute approximate surface area is 128 Å². The van der Waals surface area contributed by atoms with Gasteiger partial charge in [-0.3, -0.25) is 0 Å². The van der Waals surface area contributed by atoms with Crippen molar-refractivity contribution in [2.24, 2.45) is 0 Å². The minimum absolute atomic E-state index is 0.324. The molecule has 1 aromatic rings. The summed E-state index contributed by atoms with van der Waals surface area (Å²) in [6.07, 6.45) is 4.29. The van der Waals surface area contributed by atoms with E-state index in [9.17, 15) is 0 Å². The zero-order chi connectivity index (χ0) is 14.5. The average molecular weight is 339 g/mol. The van der Waals surface area contributed by atoms with Gasteiger partial charge in [0.05, 0.1) is 15.7 Å². The summed E-state index contributed by atoms with van der Waals surface area (Å²) in [5.41, 5.74) is 0.293. The van der Waals surface area contributed by atoms with Crippen LogP contribution < -0.4 is 10.8 Å². The van der Waals surface area contributed by atoms with Crippen LogP contribution >= 0.6 is 15.9 Å². The fourth-order valence-corrected chi connectivity index (χ4v) is 2.57. The lowest BCUT2D eigenvalue weighted by Gasteiger charge is -2.32. The molecule has 20 heavy (non-hydrogen) atoms. The standard InChI is InChI=1S/C14H20BBrN2O2/c1-13(2)14(3,4)20-15(19-13)9-7-11(16)12(17-8-9)18-10-5-6-10/h7-8,10H,5-6H2,1-4H3,(H,17,18). The maximum atomic E-state index is 6.03. The van der Waals surface area contributed by atoms with E-state index < -0.39 is 0 Å². The first kappa shape index (κ1) is 14.4. The van der Waals surface area contributed by atoms with E-state index in [0.717, 1.165) is 15.8 Å². The highest BCUT2D eigenvalue weighted by molar-refractivity contribution is 9.10. The smallest absolute Gasteiger partial charge is 0.399 e. The predicted molar refractivity (Wildman–Crippen MR) is 84.3 cm³/mol. The van der Waals surface area contributed by atoms with Gasteiger partial charge in [-0.1, -0.05) is 0 Å². The number of nitrogens with one attached hydrogen (secondary N) is 1. The van der Waals surface area contributed by atoms with Gasteiger partial charge in [0.15, 0.2) is 0 Å². The molecular weight excluding hydrogens is 319 g/mol. The largest absolute Gasteiger partial charge is 0.496 e. The molecule has 0 amide bonds. The summed E-state index contributed by atoms with van der Waals surface area (Å²) in [6, 6.07) is 2.61. The van der Waals surface area contributed by atoms with Crippen LogP contribution in [0.2, 0.25) is 0 Å². The number of nitrogens with zero attached hydrogens (tertiary/aromatic N) is 1. The molecule has 0 atom stereocenters. The second-order valence-electron chi connectivity index (χ2n) is 6.61. The maximum Gasteiger partial charge on any atom is 0.496 e. The van der Waals surface area contributed by atoms with Crippen molar-refractivity contribution >= 4 is 34.3 Å². The number of hydrogen-bond donors (Lipinski definition) is 1. The van der Waals surface area contributed by atoms with Crippen LogP contribution in [-0.2, 0) is 9.31 Å². The third-order valence-corrected chi connectivity index (χ3v) is 4.91. The summed E-state index contributed by atoms with van der Waals surface area (Å²) >= 11 is 3.57. The Kier molecular flexibility index (Phi) is 3.38. The second kappa shape index (κ2) is 4.72. The lowest BCUT2D eigenvalue weighted by atomic mass is 9.80. The van der Waals surface area contributed by atoms with Crippen LogP contribution in [0.3, 0.4) is 0 Å². The third kappa shape index (κ3) is 2.61. The molecule has 0 spiro atoms. The topological polar surface area (TPSA) is 43.4 Å². The molecule has 0 unspecified atom stereocenters. The Morgan fingerprint density at radius 3 is 2.35 bits per heavy atom. The van der Waals surface area contributed by atoms with Crippen LogP contribution in [0.1, 0.15) is 40.5 Å². The van der Waals surface area contributed by atoms with Crippen LogP contribution in [0, 0.1) is 0 Å². The molecule has 1 aliphatic carbocycles. The molecule has 0 radical (unpaired) electrons. The van der Waals surface area contributed by atoms with Crippen LogP contribution in [0.25, 0.3) is 0 Å². The van der Waals surface area contributed by atoms with Crippen LogP contribution in [0.15, 0.2) is 16.7 Å². The second-order valence-corrected chi connectivity index (χ2v) is 7.46. The number of rotatable bonds is 3. The van der Waals surface area contributed by atoms with Crippen molar-refractivity contribution < 1.29 is 9.31 Å². The molecule has 1 saturated carbocycles. The first-order chi connectivity index (χ1) is 9.28. The Balaban J connectivity index is 1.79. The van der Waals surface area contributed by atoms with E-state index in [1.54, 1.807) is 0 Å². The number of halogens is 1. The van der Waals surface area contributed by atoms with Gasteiger partial charge >= 0.3 is 7.12 Å². The molecule has 108 valence electrons. The average Bonchev–Trinajstić information content (AvgIpc) is 3.10. The molecule has 3 rings (SSSR count). The van der Waals surface area contributed by atoms with Gasteiger partial charge in [0.2, 0.25) is 0 Å². The summed E-state index contributed by atoms with van der Waals surface area (Å²) in [6.45, 7) is 8.22. The zero-order valence-corrected chi connectivity index (χ0v) is 14.0. The van der Waals surface area contributed by atoms with Gasteiger partial charge in [0.1, 0.15) is 5.82 Å². The third-order valence-electron chi connectivity index (χ3n) is 4.31. The Morgan fingerprint density at radius 1 is 1.25 bits per heavy atom. The number of aromatic nitrogens is 1. The lowest BCUT2D eigenvalue weighted by molar-refractivity contribution is 0.00578. The van der Waals surface area contributed by atoms with Crippen molar-refractivity contribution in [3.8, 4) is 0 Å². The Hall–Kier alpha value is -0.585. The van der Waals surface area contributed by atoms with Crippen LogP contribution in [0.5, 0.6) is 0 Å². The highest BCUT2D eigenvalue weighted by atomic mass is 79.9. The molecule has 6 heteroatoms. The molecule has 4 nitrogen and oxygen atoms in total. The first-order valence-electron chi connectivity index (χ1n) is 7.06. The van der Waals surface area contributed by atoms with Crippen molar-refractivity contribution in [2.75, 3.05) is 5.32 Å². The van der Waals surface area contributed by atoms with Crippen LogP contribution in [0.4, 0.5) is 5.82 Å². The molecule has 2 heterocycles. The highest BCUT2D eigenvalue weighted by Crippen LogP contribution is 2.36. The van der Waals surface area contributed by atoms with Gasteiger partial charge in [-0.15, -0.1) is 0 Å². The monoisotopic (exact) mass is 338 g/mol. The van der Waals surface area contributed by atoms with Crippen molar-refractivity contribution in [3.05, 3.63) is 16.7 Å². The highest BCUT2D eigenvalue weighted by Gasteiger charge is 2.51. The molecule has 1 aromatic heterocycles. The lowest BCUT2D eigenvalue weighted by Crippen LogP contribution is -2.41. The van der Waals surface area contributed by atoms with Crippen LogP contribution in [-0.4, -0.2) is 29.3 Å². The van der Waals surface area contributed by atoms with Gasteiger partial charge in [-0.25, -0.2) is 4.98 Å². The van der Waals surface area contributed by atoms with E-state index >= 15 is 0 Å². The molecule has 1 saturated heterocycles. The molecule has 0 bridgehead atoms. The van der Waals surface area contributed by atoms with Crippen molar-refractivity contribution in [2.45, 2.75) is 57.8 Å². The van der Waals surface area contributed by atoms with E-state index in [4.69, 9.17) is 9.31 Å². The molecular formula is C14H20BBrN2O2. The van der Waals surface area contributed by atoms with Crippen molar-refractivity contribution in [1.82, 2.24) is 4.98 Å². The SMILES string of the molecule is CC1(C)OB(c2cnc(NC3CC3)c(Br)c2)OC1(C)C. The van der Waals surface area contributed by atoms with E-state index in [1.807, 2.05) is 12.3 Å². The van der Waals surface area contributed by atoms with E-state index in [1.165, 1.54) is 12.8 Å². The number of pyridine rings is 1. The van der Waals surface area contributed by atoms with E-state index in [2.05, 4.69) is 53.9 Å². The summed E-state index contributed by atoms with van der Waals surface area (Å²) in [5, 5.41) is 3.39. The molecule has 1 aliphatic heterocycles. The van der Waals surface area contributed by atoms with Crippen molar-refractivity contribution in [1.29, 1.82) is 0 Å². The number of hydrogen-bond acceptors (Lipinski definition) is 4. The fourth-order valence-electron chi connectivity index (χ4n) is 2.09. The molecule has 1 N–H and O–H groups in total. The quantitative estimate of drug-likeness (QED) is 0.860. The summed E-state index contributed by atoms with van der Waals surface area (Å²) in [5.74, 6) is 0.896. The minimum Gasteiger partial charge on any atom is -0.399 e. The molecule has 0 aromatic carbocycles. The Bertz CT molecular complexity index is 516. The van der Waals surface area contributed by atoms with Gasteiger partial charge in [0.25, 0.3) is 0 Å². The van der Waals surface area contributed by atoms with Gasteiger partial charge in [-0.2, -0.15) is 0 Å². The summed E-state index contributed by atoms with van der Waals surface area (Å²) < 4.78 is 13.0. The molecule has 2 aliphatic rings. The summed E-state index contributed by atoms with van der Waals surface area (Å²) in [4.78, 5) is 4.48. The number of anilines is 1. The molecule has 2 fully saturated rings. The minimum atomic E-state index is -0.362. The van der Waals surface area contributed by atoms with Crippen molar-refractivity contribution in [3.63, 3.8) is 0 Å². The van der Waals surface area contributed by atoms with Gasteiger partial charge in [-0.05, 0) is 62.5 Å². The zero-order valence-electron chi connectivity index (χ0n) is 12.4. The maximum absolute atomic E-state index is 6.03. The fraction of sp³-hybridized carbons (Fsp3) is 0.643. The summed E-state index contributed by atoms with van der Waals surface area (Å²) in [7, 11) is -0.362. The predicted octanol–water partition coefficient (Wildman–Crippen LogP) is 2.72. The Morgan fingerprint density at radius 2 is 1.85 bits per heavy atom. The van der Waals surface area contributed by atoms with E-state index in [-0.39, 0.29) is 18.3 Å². The first-order valence-corrected chi connectivity index (χ1v) is 7.85. The van der Waals surface area contributed by atoms with Gasteiger partial charge < -0.3 is 14.6 Å². The van der Waals surface area contributed by atoms with Gasteiger partial charge in [0, 0.05) is 17.7 Å². The normalized spacial score (nSPS) is 23.9.